The molecule has 2 amide bonds. The molecule has 2 aromatic carbocycles. The summed E-state index contributed by atoms with van der Waals surface area (Å²) in [5, 5.41) is 3.13. The quantitative estimate of drug-likeness (QED) is 0.509. The van der Waals surface area contributed by atoms with Gasteiger partial charge in [0, 0.05) is 43.8 Å². The monoisotopic (exact) mass is 469 g/mol. The number of hydrogen-bond acceptors (Lipinski definition) is 4. The van der Waals surface area contributed by atoms with Gasteiger partial charge in [-0.2, -0.15) is 0 Å². The molecule has 1 aliphatic carbocycles. The van der Waals surface area contributed by atoms with Crippen molar-refractivity contribution in [1.29, 1.82) is 0 Å². The lowest BCUT2D eigenvalue weighted by molar-refractivity contribution is 0.0366. The van der Waals surface area contributed by atoms with E-state index in [1.54, 1.807) is 12.4 Å². The fourth-order valence-corrected chi connectivity index (χ4v) is 5.67. The number of pyridine rings is 1. The number of anilines is 3. The Morgan fingerprint density at radius 3 is 2.20 bits per heavy atom. The topological polar surface area (TPSA) is 51.7 Å². The molecule has 2 heterocycles. The molecule has 3 aromatic rings. The second-order valence-electron chi connectivity index (χ2n) is 9.82. The Kier molecular flexibility index (Phi) is 7.00. The Balaban J connectivity index is 1.46. The maximum Gasteiger partial charge on any atom is 0.327 e. The predicted octanol–water partition coefficient (Wildman–Crippen LogP) is 5.85. The highest BCUT2D eigenvalue weighted by molar-refractivity contribution is 6.02. The van der Waals surface area contributed by atoms with Crippen LogP contribution in [0.1, 0.15) is 32.6 Å². The number of carbonyl (C=O) groups is 1. The van der Waals surface area contributed by atoms with Gasteiger partial charge in [0.1, 0.15) is 5.66 Å². The van der Waals surface area contributed by atoms with Gasteiger partial charge in [-0.05, 0) is 68.0 Å². The van der Waals surface area contributed by atoms with Gasteiger partial charge in [0.2, 0.25) is 0 Å². The summed E-state index contributed by atoms with van der Waals surface area (Å²) < 4.78 is 0. The van der Waals surface area contributed by atoms with Crippen molar-refractivity contribution in [3.63, 3.8) is 0 Å². The molecule has 0 atom stereocenters. The van der Waals surface area contributed by atoms with Crippen LogP contribution in [-0.2, 0) is 0 Å². The van der Waals surface area contributed by atoms with Gasteiger partial charge < -0.3 is 10.2 Å². The van der Waals surface area contributed by atoms with Crippen LogP contribution in [0.4, 0.5) is 21.9 Å². The van der Waals surface area contributed by atoms with Crippen LogP contribution < -0.4 is 15.1 Å². The number of nitrogens with zero attached hydrogens (tertiary/aromatic N) is 4. The highest BCUT2D eigenvalue weighted by atomic mass is 16.2. The molecular formula is C29H35N5O. The molecule has 1 aliphatic heterocycles. The van der Waals surface area contributed by atoms with Crippen LogP contribution in [0.15, 0.2) is 85.2 Å². The van der Waals surface area contributed by atoms with Crippen molar-refractivity contribution in [2.24, 2.45) is 5.92 Å². The molecule has 0 bridgehead atoms. The van der Waals surface area contributed by atoms with Gasteiger partial charge in [-0.15, -0.1) is 0 Å². The van der Waals surface area contributed by atoms with Gasteiger partial charge in [0.05, 0.1) is 11.9 Å². The molecule has 1 saturated heterocycles. The zero-order chi connectivity index (χ0) is 24.1. The van der Waals surface area contributed by atoms with Gasteiger partial charge in [-0.25, -0.2) is 4.79 Å². The molecule has 1 saturated carbocycles. The third kappa shape index (κ3) is 5.03. The number of amides is 2. The summed E-state index contributed by atoms with van der Waals surface area (Å²) in [5.41, 5.74) is 2.57. The minimum atomic E-state index is -0.358. The predicted molar refractivity (Wildman–Crippen MR) is 143 cm³/mol. The zero-order valence-corrected chi connectivity index (χ0v) is 20.5. The first-order chi connectivity index (χ1) is 17.2. The lowest BCUT2D eigenvalue weighted by atomic mass is 9.80. The number of nitrogens with one attached hydrogen (secondary N) is 1. The molecule has 5 rings (SSSR count). The summed E-state index contributed by atoms with van der Waals surface area (Å²) in [4.78, 5) is 25.2. The zero-order valence-electron chi connectivity index (χ0n) is 20.5. The fourth-order valence-electron chi connectivity index (χ4n) is 5.67. The van der Waals surface area contributed by atoms with E-state index >= 15 is 0 Å². The summed E-state index contributed by atoms with van der Waals surface area (Å²) in [7, 11) is 0. The fraction of sp³-hybridized carbons (Fsp3) is 0.379. The van der Waals surface area contributed by atoms with Gasteiger partial charge in [0.25, 0.3) is 0 Å². The minimum Gasteiger partial charge on any atom is -0.369 e. The highest BCUT2D eigenvalue weighted by Crippen LogP contribution is 2.42. The Morgan fingerprint density at radius 1 is 0.914 bits per heavy atom. The highest BCUT2D eigenvalue weighted by Gasteiger charge is 2.48. The molecule has 1 N–H and O–H groups in total. The molecular weight excluding hydrogens is 434 g/mol. The van der Waals surface area contributed by atoms with Gasteiger partial charge in [-0.1, -0.05) is 43.3 Å². The van der Waals surface area contributed by atoms with Crippen LogP contribution in [0.25, 0.3) is 0 Å². The van der Waals surface area contributed by atoms with Crippen molar-refractivity contribution in [3.05, 3.63) is 85.2 Å². The molecule has 6 heteroatoms. The lowest BCUT2D eigenvalue weighted by Crippen LogP contribution is -2.68. The smallest absolute Gasteiger partial charge is 0.327 e. The van der Waals surface area contributed by atoms with Crippen molar-refractivity contribution in [2.75, 3.05) is 41.3 Å². The number of benzene rings is 2. The third-order valence-electron chi connectivity index (χ3n) is 7.61. The number of aromatic nitrogens is 1. The van der Waals surface area contributed by atoms with E-state index in [2.05, 4.69) is 69.5 Å². The first-order valence-electron chi connectivity index (χ1n) is 12.8. The Labute approximate surface area is 208 Å². The maximum absolute atomic E-state index is 14.0. The van der Waals surface area contributed by atoms with E-state index in [9.17, 15) is 4.79 Å². The SMILES string of the molecule is CC1CCC(N2CCN(c3ccccc3)CC2)(N(C(=O)Nc2cccnc2)c2ccccc2)CC1. The molecule has 0 radical (unpaired) electrons. The summed E-state index contributed by atoms with van der Waals surface area (Å²) in [6.07, 6.45) is 7.59. The van der Waals surface area contributed by atoms with Crippen molar-refractivity contribution in [1.82, 2.24) is 9.88 Å². The van der Waals surface area contributed by atoms with Crippen molar-refractivity contribution in [2.45, 2.75) is 38.3 Å². The van der Waals surface area contributed by atoms with Crippen LogP contribution in [0, 0.1) is 5.92 Å². The van der Waals surface area contributed by atoms with E-state index in [0.29, 0.717) is 11.6 Å². The minimum absolute atomic E-state index is 0.0933. The summed E-state index contributed by atoms with van der Waals surface area (Å²) in [6.45, 7) is 6.09. The number of urea groups is 1. The van der Waals surface area contributed by atoms with Crippen LogP contribution in [-0.4, -0.2) is 47.8 Å². The maximum atomic E-state index is 14.0. The average Bonchev–Trinajstić information content (AvgIpc) is 2.92. The molecule has 0 unspecified atom stereocenters. The number of rotatable bonds is 5. The second kappa shape index (κ2) is 10.5. The van der Waals surface area contributed by atoms with Gasteiger partial charge in [0.15, 0.2) is 0 Å². The van der Waals surface area contributed by atoms with E-state index in [1.165, 1.54) is 5.69 Å². The number of para-hydroxylation sites is 2. The van der Waals surface area contributed by atoms with Crippen molar-refractivity contribution < 1.29 is 4.79 Å². The second-order valence-corrected chi connectivity index (χ2v) is 9.82. The Bertz CT molecular complexity index is 1080. The van der Waals surface area contributed by atoms with E-state index in [-0.39, 0.29) is 11.7 Å². The van der Waals surface area contributed by atoms with Crippen molar-refractivity contribution in [3.8, 4) is 0 Å². The molecule has 1 aromatic heterocycles. The molecule has 35 heavy (non-hydrogen) atoms. The molecule has 0 spiro atoms. The van der Waals surface area contributed by atoms with E-state index in [1.807, 2.05) is 35.2 Å². The van der Waals surface area contributed by atoms with Crippen LogP contribution in [0.2, 0.25) is 0 Å². The number of hydrogen-bond donors (Lipinski definition) is 1. The number of piperazine rings is 1. The lowest BCUT2D eigenvalue weighted by Gasteiger charge is -2.55. The molecule has 2 fully saturated rings. The standard InChI is InChI=1S/C29H35N5O/c1-24-14-16-29(17-15-24,33-21-19-32(20-22-33)26-10-4-2-5-11-26)34(27-12-6-3-7-13-27)28(35)31-25-9-8-18-30-23-25/h2-13,18,23-24H,14-17,19-22H2,1H3,(H,31,35). The first-order valence-corrected chi connectivity index (χ1v) is 12.8. The Hall–Kier alpha value is -3.38. The van der Waals surface area contributed by atoms with Gasteiger partial charge >= 0.3 is 6.03 Å². The first kappa shape index (κ1) is 23.4. The summed E-state index contributed by atoms with van der Waals surface area (Å²) in [6, 6.07) is 24.5. The normalized spacial score (nSPS) is 23.0. The van der Waals surface area contributed by atoms with Crippen LogP contribution in [0.5, 0.6) is 0 Å². The average molecular weight is 470 g/mol. The van der Waals surface area contributed by atoms with E-state index < -0.39 is 0 Å². The van der Waals surface area contributed by atoms with Gasteiger partial charge in [-0.3, -0.25) is 14.8 Å². The summed E-state index contributed by atoms with van der Waals surface area (Å²) in [5.74, 6) is 0.674. The largest absolute Gasteiger partial charge is 0.369 e. The molecule has 2 aliphatic rings. The molecule has 6 nitrogen and oxygen atoms in total. The van der Waals surface area contributed by atoms with E-state index in [0.717, 1.165) is 57.5 Å². The Morgan fingerprint density at radius 2 is 1.57 bits per heavy atom. The van der Waals surface area contributed by atoms with Crippen LogP contribution >= 0.6 is 0 Å². The van der Waals surface area contributed by atoms with Crippen molar-refractivity contribution >= 4 is 23.1 Å². The van der Waals surface area contributed by atoms with E-state index in [4.69, 9.17) is 0 Å². The third-order valence-corrected chi connectivity index (χ3v) is 7.61. The number of carbonyl (C=O) groups excluding carboxylic acids is 1. The summed E-state index contributed by atoms with van der Waals surface area (Å²) >= 11 is 0. The van der Waals surface area contributed by atoms with Crippen LogP contribution in [0.3, 0.4) is 0 Å². The molecule has 182 valence electrons.